The third-order valence-corrected chi connectivity index (χ3v) is 5.36. The highest BCUT2D eigenvalue weighted by Gasteiger charge is 2.20. The number of nitrogens with one attached hydrogen (secondary N) is 1. The number of anilines is 1. The highest BCUT2D eigenvalue weighted by molar-refractivity contribution is 7.92. The van der Waals surface area contributed by atoms with Crippen molar-refractivity contribution < 1.29 is 16.8 Å². The number of benzene rings is 1. The molecule has 8 nitrogen and oxygen atoms in total. The molecular formula is C12H16N4O4S2. The van der Waals surface area contributed by atoms with Gasteiger partial charge in [-0.05, 0) is 38.1 Å². The van der Waals surface area contributed by atoms with Crippen molar-refractivity contribution in [1.82, 2.24) is 9.78 Å². The lowest BCUT2D eigenvalue weighted by Gasteiger charge is -2.07. The zero-order chi connectivity index (χ0) is 16.5. The quantitative estimate of drug-likeness (QED) is 0.824. The Hall–Kier alpha value is -1.91. The summed E-state index contributed by atoms with van der Waals surface area (Å²) < 4.78 is 50.9. The van der Waals surface area contributed by atoms with Crippen LogP contribution in [0, 0.1) is 6.92 Å². The minimum absolute atomic E-state index is 0.0740. The zero-order valence-corrected chi connectivity index (χ0v) is 13.6. The number of rotatable bonds is 5. The lowest BCUT2D eigenvalue weighted by atomic mass is 10.3. The summed E-state index contributed by atoms with van der Waals surface area (Å²) in [6.45, 7) is 4.01. The third-order valence-electron chi connectivity index (χ3n) is 2.95. The van der Waals surface area contributed by atoms with Crippen molar-refractivity contribution in [3.05, 3.63) is 36.2 Å². The number of aromatic nitrogens is 2. The first-order chi connectivity index (χ1) is 10.1. The number of primary sulfonamides is 1. The summed E-state index contributed by atoms with van der Waals surface area (Å²) >= 11 is 0. The van der Waals surface area contributed by atoms with E-state index in [4.69, 9.17) is 5.14 Å². The molecule has 1 aromatic heterocycles. The maximum absolute atomic E-state index is 12.3. The number of nitrogens with zero attached hydrogens (tertiary/aromatic N) is 2. The molecule has 0 aliphatic carbocycles. The van der Waals surface area contributed by atoms with Gasteiger partial charge in [0.25, 0.3) is 10.0 Å². The van der Waals surface area contributed by atoms with Crippen LogP contribution in [0.3, 0.4) is 0 Å². The molecule has 0 aliphatic rings. The first-order valence-corrected chi connectivity index (χ1v) is 9.36. The van der Waals surface area contributed by atoms with Crippen LogP contribution in [-0.4, -0.2) is 26.6 Å². The van der Waals surface area contributed by atoms with Crippen LogP contribution in [0.4, 0.5) is 5.69 Å². The molecule has 0 radical (unpaired) electrons. The molecule has 0 spiro atoms. The minimum atomic E-state index is -3.81. The van der Waals surface area contributed by atoms with Gasteiger partial charge in [0.2, 0.25) is 10.0 Å². The van der Waals surface area contributed by atoms with Gasteiger partial charge >= 0.3 is 0 Å². The second-order valence-corrected chi connectivity index (χ2v) is 7.82. The van der Waals surface area contributed by atoms with Crippen molar-refractivity contribution in [3.8, 4) is 0 Å². The highest BCUT2D eigenvalue weighted by atomic mass is 32.2. The predicted molar refractivity (Wildman–Crippen MR) is 81.3 cm³/mol. The van der Waals surface area contributed by atoms with Crippen LogP contribution in [0.5, 0.6) is 0 Å². The number of sulfonamides is 2. The molecule has 2 aromatic rings. The van der Waals surface area contributed by atoms with Crippen LogP contribution >= 0.6 is 0 Å². The largest absolute Gasteiger partial charge is 0.280 e. The van der Waals surface area contributed by atoms with E-state index in [1.54, 1.807) is 6.92 Å². The van der Waals surface area contributed by atoms with Gasteiger partial charge in [-0.25, -0.2) is 22.0 Å². The molecule has 1 heterocycles. The molecule has 0 fully saturated rings. The van der Waals surface area contributed by atoms with Crippen molar-refractivity contribution >= 4 is 25.7 Å². The van der Waals surface area contributed by atoms with Crippen molar-refractivity contribution in [2.24, 2.45) is 5.14 Å². The molecule has 0 unspecified atom stereocenters. The Morgan fingerprint density at radius 1 is 1.18 bits per heavy atom. The summed E-state index contributed by atoms with van der Waals surface area (Å²) in [6, 6.07) is 5.12. The Labute approximate surface area is 129 Å². The smallest absolute Gasteiger partial charge is 0.265 e. The molecular weight excluding hydrogens is 328 g/mol. The molecule has 0 amide bonds. The third kappa shape index (κ3) is 3.46. The van der Waals surface area contributed by atoms with Crippen LogP contribution in [0.2, 0.25) is 0 Å². The SMILES string of the molecule is CCn1cc(S(=O)(=O)Nc2ccc(S(N)(=O)=O)cc2)c(C)n1. The molecule has 0 bridgehead atoms. The van der Waals surface area contributed by atoms with Crippen molar-refractivity contribution in [3.63, 3.8) is 0 Å². The average molecular weight is 344 g/mol. The number of hydrogen-bond donors (Lipinski definition) is 2. The Morgan fingerprint density at radius 3 is 2.23 bits per heavy atom. The maximum Gasteiger partial charge on any atom is 0.265 e. The molecule has 2 rings (SSSR count). The van der Waals surface area contributed by atoms with E-state index in [1.807, 2.05) is 6.92 Å². The molecule has 0 atom stereocenters. The molecule has 0 aliphatic heterocycles. The van der Waals surface area contributed by atoms with E-state index in [0.29, 0.717) is 12.2 Å². The Kier molecular flexibility index (Phi) is 4.27. The van der Waals surface area contributed by atoms with E-state index in [0.717, 1.165) is 0 Å². The van der Waals surface area contributed by atoms with E-state index in [9.17, 15) is 16.8 Å². The van der Waals surface area contributed by atoms with Crippen molar-refractivity contribution in [2.75, 3.05) is 4.72 Å². The van der Waals surface area contributed by atoms with Gasteiger partial charge in [0, 0.05) is 18.4 Å². The molecule has 10 heteroatoms. The molecule has 0 saturated carbocycles. The van der Waals surface area contributed by atoms with E-state index in [-0.39, 0.29) is 15.5 Å². The average Bonchev–Trinajstić information content (AvgIpc) is 2.80. The lowest BCUT2D eigenvalue weighted by molar-refractivity contribution is 0.597. The maximum atomic E-state index is 12.3. The van der Waals surface area contributed by atoms with Crippen molar-refractivity contribution in [2.45, 2.75) is 30.2 Å². The van der Waals surface area contributed by atoms with Crippen LogP contribution in [0.25, 0.3) is 0 Å². The minimum Gasteiger partial charge on any atom is -0.280 e. The van der Waals surface area contributed by atoms with Crippen LogP contribution in [-0.2, 0) is 26.6 Å². The predicted octanol–water partition coefficient (Wildman–Crippen LogP) is 0.660. The summed E-state index contributed by atoms with van der Waals surface area (Å²) in [5.74, 6) is 0. The molecule has 120 valence electrons. The van der Waals surface area contributed by atoms with Gasteiger partial charge in [0.1, 0.15) is 4.90 Å². The van der Waals surface area contributed by atoms with Gasteiger partial charge in [0.15, 0.2) is 0 Å². The first-order valence-electron chi connectivity index (χ1n) is 6.33. The number of aryl methyl sites for hydroxylation is 2. The standard InChI is InChI=1S/C12H16N4O4S2/c1-3-16-8-12(9(2)14-16)22(19,20)15-10-4-6-11(7-5-10)21(13,17)18/h4-8,15H,3H2,1-2H3,(H2,13,17,18). The monoisotopic (exact) mass is 344 g/mol. The zero-order valence-electron chi connectivity index (χ0n) is 12.0. The molecule has 0 saturated heterocycles. The second kappa shape index (κ2) is 5.71. The normalized spacial score (nSPS) is 12.3. The van der Waals surface area contributed by atoms with Gasteiger partial charge in [-0.15, -0.1) is 0 Å². The summed E-state index contributed by atoms with van der Waals surface area (Å²) in [5, 5.41) is 9.07. The number of hydrogen-bond acceptors (Lipinski definition) is 5. The first kappa shape index (κ1) is 16.5. The Balaban J connectivity index is 2.30. The molecule has 3 N–H and O–H groups in total. The molecule has 22 heavy (non-hydrogen) atoms. The van der Waals surface area contributed by atoms with Crippen LogP contribution < -0.4 is 9.86 Å². The summed E-state index contributed by atoms with van der Waals surface area (Å²) in [5.41, 5.74) is 0.617. The Morgan fingerprint density at radius 2 is 1.77 bits per heavy atom. The van der Waals surface area contributed by atoms with Gasteiger partial charge in [0.05, 0.1) is 10.6 Å². The van der Waals surface area contributed by atoms with Crippen LogP contribution in [0.15, 0.2) is 40.3 Å². The highest BCUT2D eigenvalue weighted by Crippen LogP contribution is 2.19. The summed E-state index contributed by atoms with van der Waals surface area (Å²) in [7, 11) is -7.61. The lowest BCUT2D eigenvalue weighted by Crippen LogP contribution is -2.14. The van der Waals surface area contributed by atoms with Gasteiger partial charge in [-0.3, -0.25) is 9.40 Å². The van der Waals surface area contributed by atoms with E-state index < -0.39 is 20.0 Å². The fraction of sp³-hybridized carbons (Fsp3) is 0.250. The molecule has 1 aromatic carbocycles. The second-order valence-electron chi connectivity index (χ2n) is 4.61. The fourth-order valence-corrected chi connectivity index (χ4v) is 3.61. The Bertz CT molecular complexity index is 884. The van der Waals surface area contributed by atoms with E-state index in [1.165, 1.54) is 35.1 Å². The van der Waals surface area contributed by atoms with E-state index in [2.05, 4.69) is 9.82 Å². The van der Waals surface area contributed by atoms with Gasteiger partial charge < -0.3 is 0 Å². The van der Waals surface area contributed by atoms with Gasteiger partial charge in [-0.2, -0.15) is 5.10 Å². The van der Waals surface area contributed by atoms with Crippen molar-refractivity contribution in [1.29, 1.82) is 0 Å². The van der Waals surface area contributed by atoms with Crippen LogP contribution in [0.1, 0.15) is 12.6 Å². The fourth-order valence-electron chi connectivity index (χ4n) is 1.85. The van der Waals surface area contributed by atoms with Gasteiger partial charge in [-0.1, -0.05) is 0 Å². The number of nitrogens with two attached hydrogens (primary N) is 1. The van der Waals surface area contributed by atoms with E-state index >= 15 is 0 Å². The topological polar surface area (TPSA) is 124 Å². The summed E-state index contributed by atoms with van der Waals surface area (Å²) in [6.07, 6.45) is 1.44. The summed E-state index contributed by atoms with van der Waals surface area (Å²) in [4.78, 5) is -0.0182.